The van der Waals surface area contributed by atoms with E-state index < -0.39 is 25.1 Å². The van der Waals surface area contributed by atoms with Crippen molar-refractivity contribution in [2.45, 2.75) is 0 Å². The normalized spacial score (nSPS) is 9.80. The standard InChI is InChI=1S/C18H17NO6/c1-23-16-9-5-3-7-14(16)19-17(21)11-25-18(22)12-24-15-8-4-2-6-13(15)10-20/h2-10H,11-12H2,1H3,(H,19,21). The van der Waals surface area contributed by atoms with Gasteiger partial charge in [0.15, 0.2) is 19.5 Å². The molecule has 2 aromatic rings. The minimum absolute atomic E-state index is 0.271. The van der Waals surface area contributed by atoms with E-state index in [1.54, 1.807) is 48.5 Å². The molecule has 0 heterocycles. The van der Waals surface area contributed by atoms with Crippen LogP contribution >= 0.6 is 0 Å². The Hall–Kier alpha value is -3.35. The van der Waals surface area contributed by atoms with Gasteiger partial charge in [-0.3, -0.25) is 9.59 Å². The topological polar surface area (TPSA) is 90.9 Å². The highest BCUT2D eigenvalue weighted by molar-refractivity contribution is 5.94. The first-order valence-corrected chi connectivity index (χ1v) is 7.39. The fourth-order valence-electron chi connectivity index (χ4n) is 1.97. The molecule has 0 aliphatic heterocycles. The van der Waals surface area contributed by atoms with Gasteiger partial charge in [0.2, 0.25) is 0 Å². The number of rotatable bonds is 8. The van der Waals surface area contributed by atoms with Gasteiger partial charge in [-0.2, -0.15) is 0 Å². The second-order valence-corrected chi connectivity index (χ2v) is 4.85. The number of hydrogen-bond acceptors (Lipinski definition) is 6. The van der Waals surface area contributed by atoms with Gasteiger partial charge in [-0.1, -0.05) is 24.3 Å². The highest BCUT2D eigenvalue weighted by Gasteiger charge is 2.11. The number of carbonyl (C=O) groups excluding carboxylic acids is 3. The predicted molar refractivity (Wildman–Crippen MR) is 89.9 cm³/mol. The molecule has 0 fully saturated rings. The average Bonchev–Trinajstić information content (AvgIpc) is 2.65. The van der Waals surface area contributed by atoms with Crippen molar-refractivity contribution in [2.75, 3.05) is 25.6 Å². The van der Waals surface area contributed by atoms with E-state index in [1.165, 1.54) is 7.11 Å². The van der Waals surface area contributed by atoms with Crippen LogP contribution in [0.1, 0.15) is 10.4 Å². The van der Waals surface area contributed by atoms with Crippen molar-refractivity contribution < 1.29 is 28.6 Å². The Bertz CT molecular complexity index is 759. The Kier molecular flexibility index (Phi) is 6.53. The third-order valence-corrected chi connectivity index (χ3v) is 3.14. The number of amides is 1. The van der Waals surface area contributed by atoms with Crippen molar-refractivity contribution in [3.63, 3.8) is 0 Å². The lowest BCUT2D eigenvalue weighted by Gasteiger charge is -2.10. The predicted octanol–water partition coefficient (Wildman–Crippen LogP) is 2.07. The number of nitrogens with one attached hydrogen (secondary N) is 1. The minimum atomic E-state index is -0.726. The number of anilines is 1. The van der Waals surface area contributed by atoms with Gasteiger partial charge in [-0.05, 0) is 24.3 Å². The zero-order valence-electron chi connectivity index (χ0n) is 13.6. The summed E-state index contributed by atoms with van der Waals surface area (Å²) < 4.78 is 15.2. The van der Waals surface area contributed by atoms with Crippen molar-refractivity contribution >= 4 is 23.9 Å². The lowest BCUT2D eigenvalue weighted by molar-refractivity contribution is -0.149. The summed E-state index contributed by atoms with van der Waals surface area (Å²) >= 11 is 0. The molecule has 1 amide bonds. The summed E-state index contributed by atoms with van der Waals surface area (Å²) in [7, 11) is 1.49. The van der Waals surface area contributed by atoms with Crippen LogP contribution in [-0.2, 0) is 14.3 Å². The van der Waals surface area contributed by atoms with Crippen molar-refractivity contribution in [3.05, 3.63) is 54.1 Å². The molecular weight excluding hydrogens is 326 g/mol. The van der Waals surface area contributed by atoms with Crippen LogP contribution in [0.2, 0.25) is 0 Å². The number of para-hydroxylation sites is 3. The number of carbonyl (C=O) groups is 3. The molecule has 0 unspecified atom stereocenters. The Morgan fingerprint density at radius 2 is 1.68 bits per heavy atom. The third kappa shape index (κ3) is 5.35. The molecule has 2 rings (SSSR count). The number of aldehydes is 1. The second kappa shape index (κ2) is 9.07. The van der Waals surface area contributed by atoms with E-state index in [-0.39, 0.29) is 5.75 Å². The highest BCUT2D eigenvalue weighted by atomic mass is 16.6. The van der Waals surface area contributed by atoms with Crippen LogP contribution in [0.4, 0.5) is 5.69 Å². The van der Waals surface area contributed by atoms with Crippen molar-refractivity contribution in [3.8, 4) is 11.5 Å². The van der Waals surface area contributed by atoms with E-state index in [1.807, 2.05) is 0 Å². The molecule has 0 saturated carbocycles. The van der Waals surface area contributed by atoms with E-state index in [9.17, 15) is 14.4 Å². The number of hydrogen-bond donors (Lipinski definition) is 1. The second-order valence-electron chi connectivity index (χ2n) is 4.85. The largest absolute Gasteiger partial charge is 0.495 e. The maximum absolute atomic E-state index is 11.8. The van der Waals surface area contributed by atoms with Gasteiger partial charge in [0.25, 0.3) is 5.91 Å². The number of methoxy groups -OCH3 is 1. The highest BCUT2D eigenvalue weighted by Crippen LogP contribution is 2.22. The van der Waals surface area contributed by atoms with Crippen molar-refractivity contribution in [1.82, 2.24) is 0 Å². The lowest BCUT2D eigenvalue weighted by Crippen LogP contribution is -2.24. The Labute approximate surface area is 144 Å². The first kappa shape index (κ1) is 18.0. The van der Waals surface area contributed by atoms with E-state index in [0.29, 0.717) is 23.3 Å². The molecular formula is C18H17NO6. The molecule has 0 spiro atoms. The average molecular weight is 343 g/mol. The van der Waals surface area contributed by atoms with E-state index in [4.69, 9.17) is 14.2 Å². The number of benzene rings is 2. The maximum atomic E-state index is 11.8. The summed E-state index contributed by atoms with van der Waals surface area (Å²) in [5.74, 6) is -0.467. The summed E-state index contributed by atoms with van der Waals surface area (Å²) in [6.45, 7) is -0.873. The first-order chi connectivity index (χ1) is 12.1. The van der Waals surface area contributed by atoms with E-state index in [0.717, 1.165) is 0 Å². The van der Waals surface area contributed by atoms with Crippen LogP contribution in [-0.4, -0.2) is 38.5 Å². The molecule has 0 aliphatic carbocycles. The molecule has 1 N–H and O–H groups in total. The van der Waals surface area contributed by atoms with Crippen LogP contribution in [0, 0.1) is 0 Å². The number of esters is 1. The van der Waals surface area contributed by atoms with Gasteiger partial charge in [-0.15, -0.1) is 0 Å². The molecule has 7 nitrogen and oxygen atoms in total. The Morgan fingerprint density at radius 3 is 2.40 bits per heavy atom. The van der Waals surface area contributed by atoms with Crippen LogP contribution in [0.25, 0.3) is 0 Å². The zero-order chi connectivity index (χ0) is 18.1. The van der Waals surface area contributed by atoms with Gasteiger partial charge >= 0.3 is 5.97 Å². The van der Waals surface area contributed by atoms with Crippen LogP contribution in [0.3, 0.4) is 0 Å². The van der Waals surface area contributed by atoms with E-state index >= 15 is 0 Å². The summed E-state index contributed by atoms with van der Waals surface area (Å²) in [5.41, 5.74) is 0.798. The molecule has 0 aromatic heterocycles. The Balaban J connectivity index is 1.79. The monoisotopic (exact) mass is 343 g/mol. The minimum Gasteiger partial charge on any atom is -0.495 e. The Morgan fingerprint density at radius 1 is 1.00 bits per heavy atom. The van der Waals surface area contributed by atoms with Gasteiger partial charge in [0.1, 0.15) is 11.5 Å². The van der Waals surface area contributed by atoms with Crippen LogP contribution in [0.5, 0.6) is 11.5 Å². The summed E-state index contributed by atoms with van der Waals surface area (Å²) in [6, 6.07) is 13.3. The summed E-state index contributed by atoms with van der Waals surface area (Å²) in [6.07, 6.45) is 0.626. The molecule has 0 saturated heterocycles. The van der Waals surface area contributed by atoms with Gasteiger partial charge in [0, 0.05) is 0 Å². The molecule has 0 aliphatic rings. The molecule has 25 heavy (non-hydrogen) atoms. The third-order valence-electron chi connectivity index (χ3n) is 3.14. The molecule has 0 bridgehead atoms. The van der Waals surface area contributed by atoms with Gasteiger partial charge in [0.05, 0.1) is 18.4 Å². The molecule has 0 radical (unpaired) electrons. The lowest BCUT2D eigenvalue weighted by atomic mass is 10.2. The molecule has 0 atom stereocenters. The fourth-order valence-corrected chi connectivity index (χ4v) is 1.97. The molecule has 2 aromatic carbocycles. The zero-order valence-corrected chi connectivity index (χ0v) is 13.6. The van der Waals surface area contributed by atoms with Crippen molar-refractivity contribution in [1.29, 1.82) is 0 Å². The van der Waals surface area contributed by atoms with E-state index in [2.05, 4.69) is 5.32 Å². The fraction of sp³-hybridized carbons (Fsp3) is 0.167. The molecule has 130 valence electrons. The maximum Gasteiger partial charge on any atom is 0.344 e. The van der Waals surface area contributed by atoms with Gasteiger partial charge < -0.3 is 19.5 Å². The first-order valence-electron chi connectivity index (χ1n) is 7.39. The van der Waals surface area contributed by atoms with Gasteiger partial charge in [-0.25, -0.2) is 4.79 Å². The summed E-state index contributed by atoms with van der Waals surface area (Å²) in [4.78, 5) is 34.3. The SMILES string of the molecule is COc1ccccc1NC(=O)COC(=O)COc1ccccc1C=O. The summed E-state index contributed by atoms with van der Waals surface area (Å²) in [5, 5.41) is 2.58. The molecule has 7 heteroatoms. The smallest absolute Gasteiger partial charge is 0.344 e. The van der Waals surface area contributed by atoms with Crippen LogP contribution in [0.15, 0.2) is 48.5 Å². The quantitative estimate of drug-likeness (QED) is 0.583. The van der Waals surface area contributed by atoms with Crippen molar-refractivity contribution in [2.24, 2.45) is 0 Å². The van der Waals surface area contributed by atoms with Crippen LogP contribution < -0.4 is 14.8 Å². The number of ether oxygens (including phenoxy) is 3.